The van der Waals surface area contributed by atoms with Crippen LogP contribution in [0.1, 0.15) is 48.8 Å². The molecule has 0 aliphatic heterocycles. The van der Waals surface area contributed by atoms with Gasteiger partial charge in [-0.05, 0) is 126 Å². The van der Waals surface area contributed by atoms with Crippen LogP contribution in [0.25, 0.3) is 83.9 Å². The molecule has 4 bridgehead atoms. The monoisotopic (exact) mass is 783 g/mol. The van der Waals surface area contributed by atoms with Crippen molar-refractivity contribution in [3.8, 4) is 68.2 Å². The van der Waals surface area contributed by atoms with Crippen molar-refractivity contribution in [3.05, 3.63) is 180 Å². The first-order valence-corrected chi connectivity index (χ1v) is 21.8. The second kappa shape index (κ2) is 13.2. The number of para-hydroxylation sites is 2. The van der Waals surface area contributed by atoms with Gasteiger partial charge < -0.3 is 4.57 Å². The fourth-order valence-electron chi connectivity index (χ4n) is 12.7. The second-order valence-electron chi connectivity index (χ2n) is 17.9. The highest BCUT2D eigenvalue weighted by Gasteiger charge is 2.62. The molecule has 4 fully saturated rings. The third-order valence-corrected chi connectivity index (χ3v) is 14.9. The number of nitrogens with zero attached hydrogens (tertiary/aromatic N) is 5. The van der Waals surface area contributed by atoms with E-state index in [0.29, 0.717) is 29.3 Å². The first-order chi connectivity index (χ1) is 30.2. The molecule has 290 valence electrons. The summed E-state index contributed by atoms with van der Waals surface area (Å²) in [4.78, 5) is 15.2. The quantitative estimate of drug-likeness (QED) is 0.174. The lowest BCUT2D eigenvalue weighted by Gasteiger charge is -2.61. The van der Waals surface area contributed by atoms with Gasteiger partial charge in [-0.3, -0.25) is 0 Å². The standard InChI is InChI=1S/C56H41N5/c57-33-40-16-10-20-46-45-24-22-38(32-49(45)56(51(40)46)41-27-34-26-35(29-41)30-42(56)28-34)44-19-11-21-47-48-31-39(23-25-50(48)61(52(44)47)43-17-8-3-9-18-43)55-59-53(36-12-4-1-5-13-36)58-54(60-55)37-14-6-2-7-15-37/h1-25,31-32,34-35,41-42H,26-30H2. The van der Waals surface area contributed by atoms with Crippen LogP contribution in [0, 0.1) is 35.0 Å². The summed E-state index contributed by atoms with van der Waals surface area (Å²) in [6.45, 7) is 0. The van der Waals surface area contributed by atoms with Crippen LogP contribution >= 0.6 is 0 Å². The number of hydrogen-bond donors (Lipinski definition) is 0. The fraction of sp³-hybridized carbons (Fsp3) is 0.179. The van der Waals surface area contributed by atoms with E-state index >= 15 is 0 Å². The van der Waals surface area contributed by atoms with Gasteiger partial charge in [0.2, 0.25) is 0 Å². The number of hydrogen-bond acceptors (Lipinski definition) is 4. The first-order valence-electron chi connectivity index (χ1n) is 21.8. The summed E-state index contributed by atoms with van der Waals surface area (Å²) in [5.41, 5.74) is 14.8. The third kappa shape index (κ3) is 5.03. The predicted molar refractivity (Wildman–Crippen MR) is 244 cm³/mol. The third-order valence-electron chi connectivity index (χ3n) is 14.9. The van der Waals surface area contributed by atoms with Crippen LogP contribution in [-0.4, -0.2) is 19.5 Å². The summed E-state index contributed by atoms with van der Waals surface area (Å²) in [5.74, 6) is 4.73. The van der Waals surface area contributed by atoms with Gasteiger partial charge in [0.05, 0.1) is 22.7 Å². The maximum Gasteiger partial charge on any atom is 0.164 e. The Hall–Kier alpha value is -7.16. The largest absolute Gasteiger partial charge is 0.309 e. The van der Waals surface area contributed by atoms with Crippen molar-refractivity contribution < 1.29 is 0 Å². The van der Waals surface area contributed by atoms with Crippen molar-refractivity contribution in [2.45, 2.75) is 37.5 Å². The highest BCUT2D eigenvalue weighted by Crippen LogP contribution is 2.70. The van der Waals surface area contributed by atoms with Crippen molar-refractivity contribution in [2.24, 2.45) is 23.7 Å². The van der Waals surface area contributed by atoms with Crippen molar-refractivity contribution >= 4 is 21.8 Å². The van der Waals surface area contributed by atoms with E-state index in [2.05, 4.69) is 138 Å². The van der Waals surface area contributed by atoms with Crippen LogP contribution in [0.4, 0.5) is 0 Å². The van der Waals surface area contributed by atoms with E-state index in [1.807, 2.05) is 36.4 Å². The van der Waals surface area contributed by atoms with Gasteiger partial charge in [0.1, 0.15) is 0 Å². The molecule has 0 atom stereocenters. The van der Waals surface area contributed by atoms with Crippen LogP contribution in [0.5, 0.6) is 0 Å². The van der Waals surface area contributed by atoms with E-state index in [0.717, 1.165) is 50.7 Å². The van der Waals surface area contributed by atoms with E-state index in [-0.39, 0.29) is 5.41 Å². The number of rotatable bonds is 5. The molecule has 14 rings (SSSR count). The Labute approximate surface area is 355 Å². The van der Waals surface area contributed by atoms with Gasteiger partial charge in [0.15, 0.2) is 17.5 Å². The Balaban J connectivity index is 1.03. The molecular formula is C56H41N5. The van der Waals surface area contributed by atoms with Crippen LogP contribution in [0.2, 0.25) is 0 Å². The molecule has 0 unspecified atom stereocenters. The zero-order chi connectivity index (χ0) is 40.2. The molecule has 5 heteroatoms. The highest BCUT2D eigenvalue weighted by atomic mass is 15.0. The predicted octanol–water partition coefficient (Wildman–Crippen LogP) is 13.2. The van der Waals surface area contributed by atoms with Crippen LogP contribution in [0.3, 0.4) is 0 Å². The van der Waals surface area contributed by atoms with E-state index < -0.39 is 0 Å². The van der Waals surface area contributed by atoms with Gasteiger partial charge in [0, 0.05) is 44.1 Å². The molecule has 0 N–H and O–H groups in total. The second-order valence-corrected chi connectivity index (χ2v) is 17.9. The Morgan fingerprint density at radius 2 is 1.08 bits per heavy atom. The molecule has 2 aromatic heterocycles. The zero-order valence-electron chi connectivity index (χ0n) is 33.7. The highest BCUT2D eigenvalue weighted by molar-refractivity contribution is 6.14. The fourth-order valence-corrected chi connectivity index (χ4v) is 12.7. The molecule has 61 heavy (non-hydrogen) atoms. The lowest BCUT2D eigenvalue weighted by molar-refractivity contribution is -0.0400. The van der Waals surface area contributed by atoms with Crippen molar-refractivity contribution in [3.63, 3.8) is 0 Å². The average Bonchev–Trinajstić information content (AvgIpc) is 3.81. The summed E-state index contributed by atoms with van der Waals surface area (Å²) in [5, 5.41) is 13.0. The number of benzene rings is 7. The summed E-state index contributed by atoms with van der Waals surface area (Å²) in [7, 11) is 0. The number of fused-ring (bicyclic) bond motifs is 6. The van der Waals surface area contributed by atoms with Crippen molar-refractivity contribution in [2.75, 3.05) is 0 Å². The first kappa shape index (κ1) is 34.7. The summed E-state index contributed by atoms with van der Waals surface area (Å²) < 4.78 is 2.44. The normalized spacial score (nSPS) is 21.8. The maximum absolute atomic E-state index is 10.6. The summed E-state index contributed by atoms with van der Waals surface area (Å²) in [6, 6.07) is 61.0. The van der Waals surface area contributed by atoms with E-state index in [1.165, 1.54) is 76.4 Å². The minimum absolute atomic E-state index is 0.114. The van der Waals surface area contributed by atoms with Crippen molar-refractivity contribution in [1.82, 2.24) is 19.5 Å². The Bertz CT molecular complexity index is 3180. The summed E-state index contributed by atoms with van der Waals surface area (Å²) in [6.07, 6.45) is 6.49. The zero-order valence-corrected chi connectivity index (χ0v) is 33.7. The molecule has 9 aromatic rings. The van der Waals surface area contributed by atoms with Gasteiger partial charge in [0.25, 0.3) is 0 Å². The molecule has 0 saturated heterocycles. The topological polar surface area (TPSA) is 67.4 Å². The lowest BCUT2D eigenvalue weighted by atomic mass is 9.43. The molecule has 4 saturated carbocycles. The Morgan fingerprint density at radius 3 is 1.74 bits per heavy atom. The minimum Gasteiger partial charge on any atom is -0.309 e. The summed E-state index contributed by atoms with van der Waals surface area (Å²) >= 11 is 0. The molecule has 5 aliphatic carbocycles. The van der Waals surface area contributed by atoms with Gasteiger partial charge in [-0.25, -0.2) is 15.0 Å². The maximum atomic E-state index is 10.6. The Kier molecular flexibility index (Phi) is 7.49. The van der Waals surface area contributed by atoms with E-state index in [4.69, 9.17) is 15.0 Å². The molecule has 0 amide bonds. The molecular weight excluding hydrogens is 743 g/mol. The Morgan fingerprint density at radius 1 is 0.492 bits per heavy atom. The SMILES string of the molecule is N#Cc1cccc2c1C1(c3cc(-c4cccc5c6cc(-c7nc(-c8ccccc8)nc(-c8ccccc8)n7)ccc6n(-c6ccccc6)c45)ccc3-2)C2CC3CC(C2)CC1C3. The average molecular weight is 784 g/mol. The molecule has 5 nitrogen and oxygen atoms in total. The van der Waals surface area contributed by atoms with Gasteiger partial charge >= 0.3 is 0 Å². The molecule has 7 aromatic carbocycles. The van der Waals surface area contributed by atoms with Gasteiger partial charge in [-0.2, -0.15) is 5.26 Å². The molecule has 5 aliphatic rings. The van der Waals surface area contributed by atoms with Crippen LogP contribution in [-0.2, 0) is 5.41 Å². The van der Waals surface area contributed by atoms with Gasteiger partial charge in [-0.15, -0.1) is 0 Å². The smallest absolute Gasteiger partial charge is 0.164 e. The van der Waals surface area contributed by atoms with Crippen molar-refractivity contribution in [1.29, 1.82) is 5.26 Å². The van der Waals surface area contributed by atoms with Crippen LogP contribution in [0.15, 0.2) is 164 Å². The number of aromatic nitrogens is 4. The molecule has 1 spiro atoms. The van der Waals surface area contributed by atoms with E-state index in [1.54, 1.807) is 0 Å². The molecule has 0 radical (unpaired) electrons. The number of nitriles is 1. The van der Waals surface area contributed by atoms with E-state index in [9.17, 15) is 5.26 Å². The van der Waals surface area contributed by atoms with Gasteiger partial charge in [-0.1, -0.05) is 121 Å². The minimum atomic E-state index is -0.114. The lowest BCUT2D eigenvalue weighted by Crippen LogP contribution is -2.55. The van der Waals surface area contributed by atoms with Crippen LogP contribution < -0.4 is 0 Å². The molecule has 2 heterocycles.